The van der Waals surface area contributed by atoms with E-state index in [2.05, 4.69) is 4.98 Å². The second kappa shape index (κ2) is 4.13. The van der Waals surface area contributed by atoms with E-state index in [9.17, 15) is 8.42 Å². The monoisotopic (exact) mass is 266 g/mol. The lowest BCUT2D eigenvalue weighted by atomic mass is 10.2. The van der Waals surface area contributed by atoms with E-state index in [0.717, 1.165) is 23.3 Å². The van der Waals surface area contributed by atoms with Gasteiger partial charge >= 0.3 is 0 Å². The number of aryl methyl sites for hydroxylation is 1. The Morgan fingerprint density at radius 1 is 1.33 bits per heavy atom. The van der Waals surface area contributed by atoms with Gasteiger partial charge in [0, 0.05) is 13.2 Å². The molecule has 0 saturated heterocycles. The molecule has 18 heavy (non-hydrogen) atoms. The number of aromatic amines is 1. The number of hydrogen-bond acceptors (Lipinski definition) is 3. The molecule has 0 saturated carbocycles. The van der Waals surface area contributed by atoms with Crippen LogP contribution in [-0.4, -0.2) is 19.7 Å². The SMILES string of the molecule is Cc1c[nH]c(-c2ccc(N)c(S(C)(=O)=O)c2)[n+]1C. The van der Waals surface area contributed by atoms with E-state index in [0.29, 0.717) is 0 Å². The Morgan fingerprint density at radius 3 is 2.50 bits per heavy atom. The van der Waals surface area contributed by atoms with Crippen LogP contribution in [0, 0.1) is 6.92 Å². The van der Waals surface area contributed by atoms with Crippen LogP contribution in [-0.2, 0) is 16.9 Å². The number of imidazole rings is 1. The molecule has 0 radical (unpaired) electrons. The van der Waals surface area contributed by atoms with Gasteiger partial charge in [-0.1, -0.05) is 0 Å². The van der Waals surface area contributed by atoms with Crippen molar-refractivity contribution in [1.29, 1.82) is 0 Å². The standard InChI is InChI=1S/C12H15N3O2S/c1-8-7-14-12(15(8)2)9-4-5-10(13)11(6-9)18(3,16)17/h4-7H,1-3H3,(H2,13,14)/p+1. The van der Waals surface area contributed by atoms with Crippen LogP contribution in [0.1, 0.15) is 5.69 Å². The molecule has 1 heterocycles. The topological polar surface area (TPSA) is 79.8 Å². The van der Waals surface area contributed by atoms with Crippen molar-refractivity contribution in [2.24, 2.45) is 7.05 Å². The maximum atomic E-state index is 11.6. The molecule has 3 N–H and O–H groups in total. The summed E-state index contributed by atoms with van der Waals surface area (Å²) < 4.78 is 25.2. The average molecular weight is 266 g/mol. The van der Waals surface area contributed by atoms with Gasteiger partial charge in [0.25, 0.3) is 5.82 Å². The fourth-order valence-corrected chi connectivity index (χ4v) is 2.66. The summed E-state index contributed by atoms with van der Waals surface area (Å²) >= 11 is 0. The average Bonchev–Trinajstić information content (AvgIpc) is 2.59. The summed E-state index contributed by atoms with van der Waals surface area (Å²) in [5.41, 5.74) is 7.82. The predicted molar refractivity (Wildman–Crippen MR) is 69.7 cm³/mol. The molecule has 5 nitrogen and oxygen atoms in total. The third-order valence-electron chi connectivity index (χ3n) is 2.97. The van der Waals surface area contributed by atoms with E-state index in [-0.39, 0.29) is 10.6 Å². The van der Waals surface area contributed by atoms with E-state index in [1.165, 1.54) is 0 Å². The van der Waals surface area contributed by atoms with Crippen LogP contribution in [0.4, 0.5) is 5.69 Å². The summed E-state index contributed by atoms with van der Waals surface area (Å²) in [4.78, 5) is 3.27. The van der Waals surface area contributed by atoms with Crippen molar-refractivity contribution in [3.8, 4) is 11.4 Å². The van der Waals surface area contributed by atoms with Crippen LogP contribution in [0.5, 0.6) is 0 Å². The van der Waals surface area contributed by atoms with Crippen LogP contribution < -0.4 is 10.3 Å². The number of rotatable bonds is 2. The number of nitrogens with one attached hydrogen (secondary N) is 1. The van der Waals surface area contributed by atoms with E-state index < -0.39 is 9.84 Å². The molecule has 6 heteroatoms. The Hall–Kier alpha value is -1.82. The molecule has 0 aliphatic rings. The van der Waals surface area contributed by atoms with Crippen LogP contribution in [0.15, 0.2) is 29.3 Å². The van der Waals surface area contributed by atoms with Gasteiger partial charge in [-0.25, -0.2) is 18.0 Å². The van der Waals surface area contributed by atoms with Crippen LogP contribution in [0.3, 0.4) is 0 Å². The highest BCUT2D eigenvalue weighted by molar-refractivity contribution is 7.90. The minimum Gasteiger partial charge on any atom is -0.398 e. The Labute approximate surface area is 106 Å². The molecule has 1 aromatic heterocycles. The van der Waals surface area contributed by atoms with Gasteiger partial charge in [-0.3, -0.25) is 0 Å². The zero-order valence-electron chi connectivity index (χ0n) is 10.6. The normalized spacial score (nSPS) is 11.7. The first kappa shape index (κ1) is 12.6. The van der Waals surface area contributed by atoms with Crippen molar-refractivity contribution < 1.29 is 13.0 Å². The number of nitrogens with two attached hydrogens (primary N) is 1. The zero-order valence-corrected chi connectivity index (χ0v) is 11.4. The molecule has 2 aromatic rings. The van der Waals surface area contributed by atoms with Crippen LogP contribution in [0.25, 0.3) is 11.4 Å². The summed E-state index contributed by atoms with van der Waals surface area (Å²) in [6.45, 7) is 1.97. The fourth-order valence-electron chi connectivity index (χ4n) is 1.82. The van der Waals surface area contributed by atoms with E-state index >= 15 is 0 Å². The van der Waals surface area contributed by atoms with Gasteiger partial charge in [-0.2, -0.15) is 0 Å². The Kier molecular flexibility index (Phi) is 2.90. The quantitative estimate of drug-likeness (QED) is 0.623. The fraction of sp³-hybridized carbons (Fsp3) is 0.250. The van der Waals surface area contributed by atoms with Gasteiger partial charge < -0.3 is 5.73 Å². The number of nitrogens with zero attached hydrogens (tertiary/aromatic N) is 1. The Balaban J connectivity index is 2.65. The van der Waals surface area contributed by atoms with E-state index in [4.69, 9.17) is 5.73 Å². The second-order valence-electron chi connectivity index (χ2n) is 4.36. The molecule has 0 atom stereocenters. The molecular weight excluding hydrogens is 250 g/mol. The van der Waals surface area contributed by atoms with Gasteiger partial charge in [0.2, 0.25) is 0 Å². The number of anilines is 1. The molecule has 0 bridgehead atoms. The van der Waals surface area contributed by atoms with Crippen molar-refractivity contribution in [1.82, 2.24) is 4.98 Å². The molecule has 0 amide bonds. The lowest BCUT2D eigenvalue weighted by Crippen LogP contribution is -2.31. The van der Waals surface area contributed by atoms with E-state index in [1.807, 2.05) is 24.7 Å². The first-order valence-electron chi connectivity index (χ1n) is 5.44. The highest BCUT2D eigenvalue weighted by Gasteiger charge is 2.18. The number of H-pyrrole nitrogens is 1. The van der Waals surface area contributed by atoms with Crippen molar-refractivity contribution in [2.45, 2.75) is 11.8 Å². The summed E-state index contributed by atoms with van der Waals surface area (Å²) in [5.74, 6) is 0.845. The summed E-state index contributed by atoms with van der Waals surface area (Å²) in [6.07, 6.45) is 3.02. The number of hydrogen-bond donors (Lipinski definition) is 2. The van der Waals surface area contributed by atoms with E-state index in [1.54, 1.807) is 18.2 Å². The van der Waals surface area contributed by atoms with Gasteiger partial charge in [0.15, 0.2) is 9.84 Å². The molecule has 0 fully saturated rings. The molecular formula is C12H16N3O2S+. The Morgan fingerprint density at radius 2 is 2.00 bits per heavy atom. The second-order valence-corrected chi connectivity index (χ2v) is 6.35. The molecule has 1 aromatic carbocycles. The summed E-state index contributed by atoms with van der Waals surface area (Å²) in [6, 6.07) is 5.01. The highest BCUT2D eigenvalue weighted by atomic mass is 32.2. The van der Waals surface area contributed by atoms with Crippen molar-refractivity contribution >= 4 is 15.5 Å². The van der Waals surface area contributed by atoms with Gasteiger partial charge in [0.1, 0.15) is 11.9 Å². The molecule has 0 aliphatic carbocycles. The van der Waals surface area contributed by atoms with Crippen LogP contribution in [0.2, 0.25) is 0 Å². The molecule has 0 unspecified atom stereocenters. The van der Waals surface area contributed by atoms with Crippen molar-refractivity contribution in [3.63, 3.8) is 0 Å². The third kappa shape index (κ3) is 2.11. The number of nitrogen functional groups attached to an aromatic ring is 1. The number of sulfone groups is 1. The first-order valence-corrected chi connectivity index (χ1v) is 7.34. The minimum absolute atomic E-state index is 0.159. The lowest BCUT2D eigenvalue weighted by molar-refractivity contribution is -0.665. The zero-order chi connectivity index (χ0) is 13.5. The molecule has 0 spiro atoms. The largest absolute Gasteiger partial charge is 0.398 e. The number of aromatic nitrogens is 2. The summed E-state index contributed by atoms with van der Waals surface area (Å²) in [5, 5.41) is 0. The lowest BCUT2D eigenvalue weighted by Gasteiger charge is -2.04. The van der Waals surface area contributed by atoms with Crippen LogP contribution >= 0.6 is 0 Å². The maximum absolute atomic E-state index is 11.6. The summed E-state index contributed by atoms with van der Waals surface area (Å²) in [7, 11) is -1.40. The Bertz CT molecular complexity index is 702. The maximum Gasteiger partial charge on any atom is 0.286 e. The molecule has 2 rings (SSSR count). The van der Waals surface area contributed by atoms with Gasteiger partial charge in [-0.15, -0.1) is 0 Å². The van der Waals surface area contributed by atoms with Gasteiger partial charge in [-0.05, 0) is 18.2 Å². The predicted octanol–water partition coefficient (Wildman–Crippen LogP) is 0.800. The highest BCUT2D eigenvalue weighted by Crippen LogP contribution is 2.24. The molecule has 96 valence electrons. The van der Waals surface area contributed by atoms with Crippen molar-refractivity contribution in [3.05, 3.63) is 30.1 Å². The third-order valence-corrected chi connectivity index (χ3v) is 4.12. The van der Waals surface area contributed by atoms with Gasteiger partial charge in [0.05, 0.1) is 23.2 Å². The van der Waals surface area contributed by atoms with Crippen molar-refractivity contribution in [2.75, 3.05) is 12.0 Å². The smallest absolute Gasteiger partial charge is 0.286 e. The molecule has 0 aliphatic heterocycles. The first-order chi connectivity index (χ1) is 8.30. The number of benzene rings is 1. The minimum atomic E-state index is -3.32.